The van der Waals surface area contributed by atoms with E-state index in [0.29, 0.717) is 18.2 Å². The van der Waals surface area contributed by atoms with Gasteiger partial charge in [-0.2, -0.15) is 0 Å². The Morgan fingerprint density at radius 1 is 1.48 bits per heavy atom. The topological polar surface area (TPSA) is 51.2 Å². The third-order valence-corrected chi connectivity index (χ3v) is 4.65. The summed E-state index contributed by atoms with van der Waals surface area (Å²) in [6.07, 6.45) is 1.11. The summed E-state index contributed by atoms with van der Waals surface area (Å²) in [4.78, 5) is 17.0. The first-order chi connectivity index (χ1) is 10.2. The highest BCUT2D eigenvalue weighted by Crippen LogP contribution is 2.35. The lowest BCUT2D eigenvalue weighted by Crippen LogP contribution is -2.24. The average molecular weight is 302 g/mol. The van der Waals surface area contributed by atoms with Crippen LogP contribution in [0.1, 0.15) is 39.3 Å². The van der Waals surface area contributed by atoms with Crippen molar-refractivity contribution < 1.29 is 9.53 Å². The molecule has 1 unspecified atom stereocenters. The molecule has 0 amide bonds. The molecule has 4 nitrogen and oxygen atoms in total. The summed E-state index contributed by atoms with van der Waals surface area (Å²) >= 11 is 1.50. The summed E-state index contributed by atoms with van der Waals surface area (Å²) in [6.45, 7) is 4.92. The van der Waals surface area contributed by atoms with Crippen molar-refractivity contribution in [2.24, 2.45) is 0 Å². The second kappa shape index (κ2) is 5.85. The molecule has 0 bridgehead atoms. The Bertz CT molecular complexity index is 666. The highest BCUT2D eigenvalue weighted by Gasteiger charge is 2.25. The summed E-state index contributed by atoms with van der Waals surface area (Å²) in [7, 11) is 0. The number of hydrogen-bond donors (Lipinski definition) is 1. The molecular weight excluding hydrogens is 284 g/mol. The summed E-state index contributed by atoms with van der Waals surface area (Å²) in [5.41, 5.74) is 3.29. The smallest absolute Gasteiger partial charge is 0.358 e. The Labute approximate surface area is 128 Å². The normalized spacial score (nSPS) is 16.0. The minimum absolute atomic E-state index is 0.340. The van der Waals surface area contributed by atoms with Crippen molar-refractivity contribution in [2.45, 2.75) is 26.2 Å². The molecule has 1 aliphatic carbocycles. The van der Waals surface area contributed by atoms with Gasteiger partial charge in [-0.15, -0.1) is 11.3 Å². The molecule has 1 aromatic carbocycles. The summed E-state index contributed by atoms with van der Waals surface area (Å²) in [6, 6.07) is 8.52. The number of aromatic nitrogens is 1. The van der Waals surface area contributed by atoms with Crippen molar-refractivity contribution in [2.75, 3.05) is 18.5 Å². The molecule has 0 fully saturated rings. The lowest BCUT2D eigenvalue weighted by atomic mass is 9.78. The third-order valence-electron chi connectivity index (χ3n) is 3.73. The number of carbonyl (C=O) groups excluding carboxylic acids is 1. The SMILES string of the molecule is CCOC(=O)c1nc(NCC2Cc3ccccc32)sc1C. The Balaban J connectivity index is 1.62. The molecule has 0 aliphatic heterocycles. The first-order valence-electron chi connectivity index (χ1n) is 7.15. The van der Waals surface area contributed by atoms with Crippen LogP contribution in [0.5, 0.6) is 0 Å². The van der Waals surface area contributed by atoms with E-state index >= 15 is 0 Å². The lowest BCUT2D eigenvalue weighted by Gasteiger charge is -2.30. The Morgan fingerprint density at radius 2 is 2.29 bits per heavy atom. The molecule has 0 saturated carbocycles. The number of thiazole rings is 1. The molecule has 1 heterocycles. The van der Waals surface area contributed by atoms with E-state index < -0.39 is 0 Å². The van der Waals surface area contributed by atoms with Crippen LogP contribution >= 0.6 is 11.3 Å². The fraction of sp³-hybridized carbons (Fsp3) is 0.375. The van der Waals surface area contributed by atoms with Gasteiger partial charge in [-0.3, -0.25) is 0 Å². The maximum atomic E-state index is 11.7. The number of nitrogens with one attached hydrogen (secondary N) is 1. The first-order valence-corrected chi connectivity index (χ1v) is 7.97. The minimum Gasteiger partial charge on any atom is -0.461 e. The standard InChI is InChI=1S/C16H18N2O2S/c1-3-20-15(19)14-10(2)21-16(18-14)17-9-12-8-11-6-4-5-7-13(11)12/h4-7,12H,3,8-9H2,1-2H3,(H,17,18). The van der Waals surface area contributed by atoms with E-state index in [1.165, 1.54) is 22.5 Å². The third kappa shape index (κ3) is 2.78. The van der Waals surface area contributed by atoms with Crippen LogP contribution in [0, 0.1) is 6.92 Å². The van der Waals surface area contributed by atoms with Gasteiger partial charge in [-0.25, -0.2) is 9.78 Å². The molecular formula is C16H18N2O2S. The molecule has 0 radical (unpaired) electrons. The van der Waals surface area contributed by atoms with Gasteiger partial charge in [0, 0.05) is 17.3 Å². The van der Waals surface area contributed by atoms with Crippen LogP contribution in [-0.2, 0) is 11.2 Å². The summed E-state index contributed by atoms with van der Waals surface area (Å²) in [5.74, 6) is 0.199. The molecule has 1 atom stereocenters. The second-order valence-electron chi connectivity index (χ2n) is 5.13. The monoisotopic (exact) mass is 302 g/mol. The van der Waals surface area contributed by atoms with Crippen molar-refractivity contribution in [1.29, 1.82) is 0 Å². The van der Waals surface area contributed by atoms with Crippen molar-refractivity contribution >= 4 is 22.4 Å². The van der Waals surface area contributed by atoms with Crippen LogP contribution in [0.25, 0.3) is 0 Å². The van der Waals surface area contributed by atoms with E-state index in [4.69, 9.17) is 4.74 Å². The zero-order valence-electron chi connectivity index (χ0n) is 12.2. The van der Waals surface area contributed by atoms with Gasteiger partial charge >= 0.3 is 5.97 Å². The predicted octanol–water partition coefficient (Wildman–Crippen LogP) is 3.38. The highest BCUT2D eigenvalue weighted by molar-refractivity contribution is 7.15. The number of rotatable bonds is 5. The van der Waals surface area contributed by atoms with Crippen LogP contribution in [-0.4, -0.2) is 24.1 Å². The van der Waals surface area contributed by atoms with Gasteiger partial charge in [-0.05, 0) is 31.4 Å². The first kappa shape index (κ1) is 14.1. The lowest BCUT2D eigenvalue weighted by molar-refractivity contribution is 0.0519. The molecule has 1 aromatic heterocycles. The number of fused-ring (bicyclic) bond motifs is 1. The number of aryl methyl sites for hydroxylation is 1. The molecule has 0 saturated heterocycles. The number of anilines is 1. The zero-order valence-corrected chi connectivity index (χ0v) is 13.0. The van der Waals surface area contributed by atoms with Crippen LogP contribution in [0.2, 0.25) is 0 Å². The van der Waals surface area contributed by atoms with Gasteiger partial charge in [0.05, 0.1) is 6.61 Å². The summed E-state index contributed by atoms with van der Waals surface area (Å²) < 4.78 is 5.00. The molecule has 110 valence electrons. The molecule has 21 heavy (non-hydrogen) atoms. The van der Waals surface area contributed by atoms with E-state index in [1.54, 1.807) is 6.92 Å². The number of benzene rings is 1. The van der Waals surface area contributed by atoms with E-state index in [-0.39, 0.29) is 5.97 Å². The zero-order chi connectivity index (χ0) is 14.8. The van der Waals surface area contributed by atoms with Gasteiger partial charge in [0.1, 0.15) is 0 Å². The van der Waals surface area contributed by atoms with E-state index in [1.807, 2.05) is 6.92 Å². The van der Waals surface area contributed by atoms with E-state index in [9.17, 15) is 4.79 Å². The maximum absolute atomic E-state index is 11.7. The molecule has 5 heteroatoms. The quantitative estimate of drug-likeness (QED) is 0.860. The fourth-order valence-corrected chi connectivity index (χ4v) is 3.42. The fourth-order valence-electron chi connectivity index (χ4n) is 2.62. The number of nitrogens with zero attached hydrogens (tertiary/aromatic N) is 1. The van der Waals surface area contributed by atoms with Gasteiger partial charge < -0.3 is 10.1 Å². The van der Waals surface area contributed by atoms with Crippen molar-refractivity contribution in [1.82, 2.24) is 4.98 Å². The van der Waals surface area contributed by atoms with E-state index in [2.05, 4.69) is 34.6 Å². The number of esters is 1. The Hall–Kier alpha value is -1.88. The second-order valence-corrected chi connectivity index (χ2v) is 6.33. The van der Waals surface area contributed by atoms with Gasteiger partial charge in [0.25, 0.3) is 0 Å². The molecule has 3 rings (SSSR count). The molecule has 0 spiro atoms. The predicted molar refractivity (Wildman–Crippen MR) is 84.2 cm³/mol. The van der Waals surface area contributed by atoms with Crippen LogP contribution in [0.15, 0.2) is 24.3 Å². The average Bonchev–Trinajstić information content (AvgIpc) is 2.81. The van der Waals surface area contributed by atoms with Crippen molar-refractivity contribution in [3.63, 3.8) is 0 Å². The van der Waals surface area contributed by atoms with Gasteiger partial charge in [-0.1, -0.05) is 24.3 Å². The number of ether oxygens (including phenoxy) is 1. The van der Waals surface area contributed by atoms with E-state index in [0.717, 1.165) is 23.0 Å². The van der Waals surface area contributed by atoms with Gasteiger partial charge in [0.2, 0.25) is 0 Å². The minimum atomic E-state index is -0.340. The van der Waals surface area contributed by atoms with Crippen molar-refractivity contribution in [3.05, 3.63) is 46.0 Å². The molecule has 1 aliphatic rings. The Morgan fingerprint density at radius 3 is 3.05 bits per heavy atom. The summed E-state index contributed by atoms with van der Waals surface area (Å²) in [5, 5.41) is 4.14. The number of carbonyl (C=O) groups is 1. The maximum Gasteiger partial charge on any atom is 0.358 e. The van der Waals surface area contributed by atoms with Crippen LogP contribution in [0.4, 0.5) is 5.13 Å². The Kier molecular flexibility index (Phi) is 3.92. The van der Waals surface area contributed by atoms with Crippen LogP contribution in [0.3, 0.4) is 0 Å². The van der Waals surface area contributed by atoms with Crippen molar-refractivity contribution in [3.8, 4) is 0 Å². The molecule has 2 aromatic rings. The van der Waals surface area contributed by atoms with Gasteiger partial charge in [0.15, 0.2) is 10.8 Å². The number of hydrogen-bond acceptors (Lipinski definition) is 5. The highest BCUT2D eigenvalue weighted by atomic mass is 32.1. The molecule has 1 N–H and O–H groups in total. The largest absolute Gasteiger partial charge is 0.461 e. The van der Waals surface area contributed by atoms with Crippen LogP contribution < -0.4 is 5.32 Å².